The second-order valence-electron chi connectivity index (χ2n) is 5.68. The van der Waals surface area contributed by atoms with Crippen LogP contribution >= 0.6 is 0 Å². The lowest BCUT2D eigenvalue weighted by molar-refractivity contribution is 0.0439. The van der Waals surface area contributed by atoms with Crippen LogP contribution in [-0.4, -0.2) is 33.6 Å². The highest BCUT2D eigenvalue weighted by Gasteiger charge is 2.31. The molecular weight excluding hydrogens is 343 g/mol. The van der Waals surface area contributed by atoms with E-state index < -0.39 is 6.10 Å². The number of ether oxygens (including phenoxy) is 5. The zero-order valence-electron chi connectivity index (χ0n) is 14.5. The maximum Gasteiger partial charge on any atom is 0.188 e. The van der Waals surface area contributed by atoms with E-state index in [4.69, 9.17) is 23.7 Å². The Bertz CT molecular complexity index is 774. The fraction of sp³-hybridized carbons (Fsp3) is 0.316. The highest BCUT2D eigenvalue weighted by Crippen LogP contribution is 2.42. The Balaban J connectivity index is 1.94. The predicted molar refractivity (Wildman–Crippen MR) is 90.2 cm³/mol. The first-order valence-corrected chi connectivity index (χ1v) is 7.99. The first kappa shape index (κ1) is 18.2. The number of Topliss-reactive ketones (excluding diaryl/α,β-unsaturated/α-hetero) is 1. The average molecular weight is 362 g/mol. The molecule has 0 aliphatic carbocycles. The van der Waals surface area contributed by atoms with Gasteiger partial charge in [0.1, 0.15) is 34.7 Å². The van der Waals surface area contributed by atoms with Gasteiger partial charge in [0.2, 0.25) is 0 Å². The van der Waals surface area contributed by atoms with Crippen LogP contribution in [0.1, 0.15) is 28.4 Å². The molecule has 0 bridgehead atoms. The second-order valence-corrected chi connectivity index (χ2v) is 5.68. The van der Waals surface area contributed by atoms with Crippen molar-refractivity contribution in [2.45, 2.75) is 12.5 Å². The normalized spacial score (nSPS) is 16.0. The van der Waals surface area contributed by atoms with Crippen LogP contribution in [0.15, 0.2) is 36.4 Å². The molecule has 1 aliphatic heterocycles. The average Bonchev–Trinajstić information content (AvgIpc) is 2.64. The highest BCUT2D eigenvalue weighted by molar-refractivity contribution is 6.02. The van der Waals surface area contributed by atoms with Crippen molar-refractivity contribution < 1.29 is 32.9 Å². The van der Waals surface area contributed by atoms with Crippen LogP contribution in [-0.2, 0) is 9.47 Å². The Morgan fingerprint density at radius 3 is 2.46 bits per heavy atom. The maximum atomic E-state index is 13.1. The maximum absolute atomic E-state index is 13.1. The standard InChI is InChI=1S/C19H19FO6/c1-22-10-24-14-7-17(25-11-23-2)19-15(21)9-16(26-18(19)8-14)12-3-5-13(20)6-4-12/h3-8,16H,9-11H2,1-2H3. The molecule has 0 fully saturated rings. The SMILES string of the molecule is COCOc1cc(OCOC)c2c(c1)OC(c1ccc(F)cc1)CC2=O. The van der Waals surface area contributed by atoms with Crippen LogP contribution in [0.3, 0.4) is 0 Å². The summed E-state index contributed by atoms with van der Waals surface area (Å²) in [6.07, 6.45) is -0.385. The molecule has 0 aromatic heterocycles. The molecule has 1 atom stereocenters. The molecule has 26 heavy (non-hydrogen) atoms. The van der Waals surface area contributed by atoms with Gasteiger partial charge in [-0.05, 0) is 17.7 Å². The van der Waals surface area contributed by atoms with Crippen molar-refractivity contribution in [2.24, 2.45) is 0 Å². The molecule has 0 saturated heterocycles. The number of benzene rings is 2. The number of hydrogen-bond acceptors (Lipinski definition) is 6. The summed E-state index contributed by atoms with van der Waals surface area (Å²) >= 11 is 0. The van der Waals surface area contributed by atoms with E-state index in [1.165, 1.54) is 26.4 Å². The zero-order chi connectivity index (χ0) is 18.5. The van der Waals surface area contributed by atoms with Gasteiger partial charge < -0.3 is 23.7 Å². The van der Waals surface area contributed by atoms with Crippen molar-refractivity contribution in [1.82, 2.24) is 0 Å². The van der Waals surface area contributed by atoms with Crippen LogP contribution in [0.2, 0.25) is 0 Å². The van der Waals surface area contributed by atoms with E-state index in [1.807, 2.05) is 0 Å². The molecule has 0 amide bonds. The van der Waals surface area contributed by atoms with Crippen LogP contribution in [0.25, 0.3) is 0 Å². The number of ketones is 1. The largest absolute Gasteiger partial charge is 0.484 e. The van der Waals surface area contributed by atoms with E-state index >= 15 is 0 Å². The first-order valence-electron chi connectivity index (χ1n) is 7.99. The summed E-state index contributed by atoms with van der Waals surface area (Å²) in [6, 6.07) is 9.09. The van der Waals surface area contributed by atoms with E-state index in [2.05, 4.69) is 0 Å². The molecule has 6 nitrogen and oxygen atoms in total. The number of methoxy groups -OCH3 is 2. The molecule has 1 heterocycles. The molecule has 2 aromatic carbocycles. The Morgan fingerprint density at radius 1 is 1.08 bits per heavy atom. The topological polar surface area (TPSA) is 63.2 Å². The van der Waals surface area contributed by atoms with E-state index in [9.17, 15) is 9.18 Å². The van der Waals surface area contributed by atoms with Gasteiger partial charge in [-0.2, -0.15) is 0 Å². The van der Waals surface area contributed by atoms with E-state index in [1.54, 1.807) is 24.3 Å². The Labute approximate surface area is 150 Å². The lowest BCUT2D eigenvalue weighted by Crippen LogP contribution is -2.21. The van der Waals surface area contributed by atoms with Crippen molar-refractivity contribution >= 4 is 5.78 Å². The summed E-state index contributed by atoms with van der Waals surface area (Å²) in [7, 11) is 2.99. The number of hydrogen-bond donors (Lipinski definition) is 0. The lowest BCUT2D eigenvalue weighted by atomic mass is 9.95. The summed E-state index contributed by atoms with van der Waals surface area (Å²) in [4.78, 5) is 12.7. The van der Waals surface area contributed by atoms with E-state index in [0.717, 1.165) is 0 Å². The van der Waals surface area contributed by atoms with Gasteiger partial charge in [0.25, 0.3) is 0 Å². The molecule has 7 heteroatoms. The number of rotatable bonds is 7. The van der Waals surface area contributed by atoms with Gasteiger partial charge in [-0.25, -0.2) is 4.39 Å². The minimum absolute atomic E-state index is 0.0190. The van der Waals surface area contributed by atoms with E-state index in [-0.39, 0.29) is 31.6 Å². The lowest BCUT2D eigenvalue weighted by Gasteiger charge is -2.27. The molecule has 3 rings (SSSR count). The third-order valence-corrected chi connectivity index (χ3v) is 3.88. The summed E-state index contributed by atoms with van der Waals surface area (Å²) in [5, 5.41) is 0. The Hall–Kier alpha value is -2.64. The van der Waals surface area contributed by atoms with Gasteiger partial charge in [-0.1, -0.05) is 12.1 Å². The van der Waals surface area contributed by atoms with E-state index in [0.29, 0.717) is 28.4 Å². The number of fused-ring (bicyclic) bond motifs is 1. The first-order chi connectivity index (χ1) is 12.6. The van der Waals surface area contributed by atoms with Crippen LogP contribution in [0.5, 0.6) is 17.2 Å². The highest BCUT2D eigenvalue weighted by atomic mass is 19.1. The van der Waals surface area contributed by atoms with Gasteiger partial charge >= 0.3 is 0 Å². The monoisotopic (exact) mass is 362 g/mol. The molecule has 0 N–H and O–H groups in total. The van der Waals surface area contributed by atoms with Crippen molar-refractivity contribution in [2.75, 3.05) is 27.8 Å². The third kappa shape index (κ3) is 3.95. The van der Waals surface area contributed by atoms with Crippen LogP contribution in [0, 0.1) is 5.82 Å². The molecule has 1 aliphatic rings. The molecule has 1 unspecified atom stereocenters. The number of carbonyl (C=O) groups is 1. The van der Waals surface area contributed by atoms with Crippen LogP contribution in [0.4, 0.5) is 4.39 Å². The van der Waals surface area contributed by atoms with Crippen molar-refractivity contribution in [1.29, 1.82) is 0 Å². The third-order valence-electron chi connectivity index (χ3n) is 3.88. The number of carbonyl (C=O) groups excluding carboxylic acids is 1. The Morgan fingerprint density at radius 2 is 1.77 bits per heavy atom. The summed E-state index contributed by atoms with van der Waals surface area (Å²) in [5.74, 6) is 0.615. The molecule has 0 radical (unpaired) electrons. The van der Waals surface area contributed by atoms with Crippen molar-refractivity contribution in [3.05, 3.63) is 53.3 Å². The zero-order valence-corrected chi connectivity index (χ0v) is 14.5. The second kappa shape index (κ2) is 8.16. The summed E-state index contributed by atoms with van der Waals surface area (Å²) in [5.41, 5.74) is 1.05. The minimum Gasteiger partial charge on any atom is -0.484 e. The smallest absolute Gasteiger partial charge is 0.188 e. The fourth-order valence-electron chi connectivity index (χ4n) is 2.71. The fourth-order valence-corrected chi connectivity index (χ4v) is 2.71. The molecule has 0 saturated carbocycles. The molecule has 0 spiro atoms. The van der Waals surface area contributed by atoms with Gasteiger partial charge in [0.05, 0.1) is 6.42 Å². The van der Waals surface area contributed by atoms with Gasteiger partial charge in [-0.3, -0.25) is 4.79 Å². The minimum atomic E-state index is -0.511. The van der Waals surface area contributed by atoms with Gasteiger partial charge in [0.15, 0.2) is 19.4 Å². The molecular formula is C19H19FO6. The van der Waals surface area contributed by atoms with Crippen molar-refractivity contribution in [3.8, 4) is 17.2 Å². The molecule has 138 valence electrons. The van der Waals surface area contributed by atoms with Crippen LogP contribution < -0.4 is 14.2 Å². The number of halogens is 1. The van der Waals surface area contributed by atoms with Gasteiger partial charge in [0, 0.05) is 26.4 Å². The van der Waals surface area contributed by atoms with Gasteiger partial charge in [-0.15, -0.1) is 0 Å². The van der Waals surface area contributed by atoms with Crippen molar-refractivity contribution in [3.63, 3.8) is 0 Å². The molecule has 2 aromatic rings. The Kier molecular flexibility index (Phi) is 5.70. The quantitative estimate of drug-likeness (QED) is 0.703. The predicted octanol–water partition coefficient (Wildman–Crippen LogP) is 3.50. The summed E-state index contributed by atoms with van der Waals surface area (Å²) < 4.78 is 39.9. The summed E-state index contributed by atoms with van der Waals surface area (Å²) in [6.45, 7) is 0.0205.